The normalized spacial score (nSPS) is 15.2. The first-order valence-electron chi connectivity index (χ1n) is 12.0. The Balaban J connectivity index is 1.45. The molecule has 6 nitrogen and oxygen atoms in total. The summed E-state index contributed by atoms with van der Waals surface area (Å²) in [7, 11) is 0. The monoisotopic (exact) mass is 449 g/mol. The maximum atomic E-state index is 13.5. The number of likely N-dealkylation sites (tertiary alicyclic amines) is 1. The van der Waals surface area contributed by atoms with Crippen molar-refractivity contribution in [3.63, 3.8) is 0 Å². The second kappa shape index (κ2) is 9.86. The zero-order valence-corrected chi connectivity index (χ0v) is 20.0. The predicted octanol–water partition coefficient (Wildman–Crippen LogP) is 5.40. The molecular formula is C27H35N3O3. The van der Waals surface area contributed by atoms with Gasteiger partial charge >= 0.3 is 11.8 Å². The highest BCUT2D eigenvalue weighted by Gasteiger charge is 2.29. The first-order chi connectivity index (χ1) is 15.8. The first kappa shape index (κ1) is 23.1. The maximum Gasteiger partial charge on any atom is 0.410 e. The molecule has 0 radical (unpaired) electrons. The van der Waals surface area contributed by atoms with Crippen LogP contribution < -0.4 is 5.69 Å². The van der Waals surface area contributed by atoms with Gasteiger partial charge in [0, 0.05) is 25.7 Å². The summed E-state index contributed by atoms with van der Waals surface area (Å²) in [5.41, 5.74) is 2.88. The van der Waals surface area contributed by atoms with Crippen LogP contribution in [0.25, 0.3) is 11.0 Å². The molecule has 176 valence electrons. The summed E-state index contributed by atoms with van der Waals surface area (Å²) in [6, 6.07) is 18.7. The number of benzene rings is 2. The first-order valence-corrected chi connectivity index (χ1v) is 12.0. The second-order valence-electron chi connectivity index (χ2n) is 9.93. The van der Waals surface area contributed by atoms with Gasteiger partial charge < -0.3 is 9.64 Å². The third kappa shape index (κ3) is 5.49. The molecule has 1 amide bonds. The predicted molar refractivity (Wildman–Crippen MR) is 132 cm³/mol. The number of nitrogens with zero attached hydrogens (tertiary/aromatic N) is 3. The van der Waals surface area contributed by atoms with Crippen LogP contribution in [-0.2, 0) is 17.7 Å². The van der Waals surface area contributed by atoms with E-state index in [1.165, 1.54) is 5.56 Å². The van der Waals surface area contributed by atoms with E-state index >= 15 is 0 Å². The van der Waals surface area contributed by atoms with Crippen LogP contribution in [0.5, 0.6) is 0 Å². The van der Waals surface area contributed by atoms with Crippen LogP contribution in [0.1, 0.15) is 58.1 Å². The summed E-state index contributed by atoms with van der Waals surface area (Å²) in [5, 5.41) is 0. The van der Waals surface area contributed by atoms with E-state index < -0.39 is 5.60 Å². The Morgan fingerprint density at radius 2 is 1.58 bits per heavy atom. The second-order valence-corrected chi connectivity index (χ2v) is 9.93. The van der Waals surface area contributed by atoms with Gasteiger partial charge in [-0.25, -0.2) is 9.59 Å². The molecule has 6 heteroatoms. The van der Waals surface area contributed by atoms with Crippen LogP contribution in [0.15, 0.2) is 59.4 Å². The van der Waals surface area contributed by atoms with Crippen LogP contribution in [0.3, 0.4) is 0 Å². The number of imidazole rings is 1. The standard InChI is InChI=1S/C27H35N3O3/c1-27(2,3)33-26(32)28-19-16-22(17-20-28)30-24-15-8-7-14-23(24)29(25(30)31)18-10-9-13-21-11-5-4-6-12-21/h4-8,11-12,14-15,22H,9-10,13,16-20H2,1-3H3. The number of hydrogen-bond donors (Lipinski definition) is 0. The van der Waals surface area contributed by atoms with Crippen LogP contribution >= 0.6 is 0 Å². The number of carbonyl (C=O) groups is 1. The average Bonchev–Trinajstić information content (AvgIpc) is 3.07. The van der Waals surface area contributed by atoms with Crippen LogP contribution in [0.4, 0.5) is 4.79 Å². The molecule has 1 aliphatic heterocycles. The molecule has 0 spiro atoms. The lowest BCUT2D eigenvalue weighted by Gasteiger charge is -2.33. The Bertz CT molecular complexity index is 1130. The largest absolute Gasteiger partial charge is 0.444 e. The Kier molecular flexibility index (Phi) is 6.91. The topological polar surface area (TPSA) is 56.5 Å². The van der Waals surface area contributed by atoms with Gasteiger partial charge in [0.1, 0.15) is 5.60 Å². The van der Waals surface area contributed by atoms with Crippen molar-refractivity contribution in [1.82, 2.24) is 14.0 Å². The van der Waals surface area contributed by atoms with E-state index in [0.717, 1.165) is 49.7 Å². The van der Waals surface area contributed by atoms with Crippen LogP contribution in [0, 0.1) is 0 Å². The third-order valence-electron chi connectivity index (χ3n) is 6.29. The lowest BCUT2D eigenvalue weighted by molar-refractivity contribution is 0.0188. The number of carbonyl (C=O) groups excluding carboxylic acids is 1. The van der Waals surface area contributed by atoms with Gasteiger partial charge in [0.25, 0.3) is 0 Å². The number of hydrogen-bond acceptors (Lipinski definition) is 3. The van der Waals surface area contributed by atoms with Gasteiger partial charge in [-0.15, -0.1) is 0 Å². The van der Waals surface area contributed by atoms with E-state index in [4.69, 9.17) is 4.74 Å². The summed E-state index contributed by atoms with van der Waals surface area (Å²) in [6.07, 6.45) is 4.26. The van der Waals surface area contributed by atoms with Crippen molar-refractivity contribution in [2.45, 2.75) is 71.1 Å². The molecule has 1 saturated heterocycles. The highest BCUT2D eigenvalue weighted by molar-refractivity contribution is 5.76. The zero-order valence-electron chi connectivity index (χ0n) is 20.0. The molecule has 0 N–H and O–H groups in total. The minimum atomic E-state index is -0.501. The highest BCUT2D eigenvalue weighted by Crippen LogP contribution is 2.27. The molecular weight excluding hydrogens is 414 g/mol. The number of amides is 1. The summed E-state index contributed by atoms with van der Waals surface area (Å²) in [6.45, 7) is 7.56. The van der Waals surface area contributed by atoms with Gasteiger partial charge in [-0.2, -0.15) is 0 Å². The number of rotatable bonds is 6. The fourth-order valence-electron chi connectivity index (χ4n) is 4.68. The minimum Gasteiger partial charge on any atom is -0.444 e. The zero-order chi connectivity index (χ0) is 23.4. The Hall–Kier alpha value is -3.02. The van der Waals surface area contributed by atoms with Crippen molar-refractivity contribution < 1.29 is 9.53 Å². The SMILES string of the molecule is CC(C)(C)OC(=O)N1CCC(n2c(=O)n(CCCCc3ccccc3)c3ccccc32)CC1. The molecule has 1 aliphatic rings. The lowest BCUT2D eigenvalue weighted by atomic mass is 10.0. The van der Waals surface area contributed by atoms with E-state index in [1.54, 1.807) is 4.90 Å². The number of aromatic nitrogens is 2. The van der Waals surface area contributed by atoms with Crippen molar-refractivity contribution in [2.75, 3.05) is 13.1 Å². The molecule has 0 saturated carbocycles. The van der Waals surface area contributed by atoms with Crippen molar-refractivity contribution in [3.8, 4) is 0 Å². The van der Waals surface area contributed by atoms with Crippen molar-refractivity contribution in [3.05, 3.63) is 70.6 Å². The van der Waals surface area contributed by atoms with Gasteiger partial charge in [0.05, 0.1) is 11.0 Å². The van der Waals surface area contributed by atoms with Crippen molar-refractivity contribution >= 4 is 17.1 Å². The highest BCUT2D eigenvalue weighted by atomic mass is 16.6. The quantitative estimate of drug-likeness (QED) is 0.474. The van der Waals surface area contributed by atoms with E-state index in [2.05, 4.69) is 24.3 Å². The molecule has 33 heavy (non-hydrogen) atoms. The van der Waals surface area contributed by atoms with Crippen LogP contribution in [0.2, 0.25) is 0 Å². The fraction of sp³-hybridized carbons (Fsp3) is 0.481. The number of fused-ring (bicyclic) bond motifs is 1. The van der Waals surface area contributed by atoms with E-state index in [-0.39, 0.29) is 17.8 Å². The molecule has 3 aromatic rings. The fourth-order valence-corrected chi connectivity index (χ4v) is 4.68. The molecule has 4 rings (SSSR count). The van der Waals surface area contributed by atoms with Gasteiger partial charge in [0.2, 0.25) is 0 Å². The molecule has 1 fully saturated rings. The van der Waals surface area contributed by atoms with Crippen LogP contribution in [-0.4, -0.2) is 38.8 Å². The molecule has 0 bridgehead atoms. The van der Waals surface area contributed by atoms with Gasteiger partial charge in [-0.1, -0.05) is 42.5 Å². The summed E-state index contributed by atoms with van der Waals surface area (Å²) in [5.74, 6) is 0. The Morgan fingerprint density at radius 1 is 0.939 bits per heavy atom. The molecule has 2 aromatic carbocycles. The summed E-state index contributed by atoms with van der Waals surface area (Å²) < 4.78 is 9.41. The van der Waals surface area contributed by atoms with E-state index in [1.807, 2.05) is 60.2 Å². The average molecular weight is 450 g/mol. The van der Waals surface area contributed by atoms with E-state index in [0.29, 0.717) is 13.1 Å². The lowest BCUT2D eigenvalue weighted by Crippen LogP contribution is -2.43. The number of ether oxygens (including phenoxy) is 1. The third-order valence-corrected chi connectivity index (χ3v) is 6.29. The number of para-hydroxylation sites is 2. The van der Waals surface area contributed by atoms with Crippen molar-refractivity contribution in [1.29, 1.82) is 0 Å². The summed E-state index contributed by atoms with van der Waals surface area (Å²) >= 11 is 0. The van der Waals surface area contributed by atoms with Gasteiger partial charge in [-0.05, 0) is 70.6 Å². The minimum absolute atomic E-state index is 0.0617. The molecule has 1 aromatic heterocycles. The van der Waals surface area contributed by atoms with E-state index in [9.17, 15) is 9.59 Å². The Labute approximate surface area is 195 Å². The Morgan fingerprint density at radius 3 is 2.24 bits per heavy atom. The maximum absolute atomic E-state index is 13.5. The number of aryl methyl sites for hydroxylation is 2. The smallest absolute Gasteiger partial charge is 0.410 e. The molecule has 0 aliphatic carbocycles. The number of unbranched alkanes of at least 4 members (excludes halogenated alkanes) is 1. The van der Waals surface area contributed by atoms with Crippen molar-refractivity contribution in [2.24, 2.45) is 0 Å². The molecule has 0 unspecified atom stereocenters. The molecule has 0 atom stereocenters. The summed E-state index contributed by atoms with van der Waals surface area (Å²) in [4.78, 5) is 27.7. The van der Waals surface area contributed by atoms with Gasteiger partial charge in [0.15, 0.2) is 0 Å². The van der Waals surface area contributed by atoms with Gasteiger partial charge in [-0.3, -0.25) is 9.13 Å². The number of piperidine rings is 1. The molecule has 2 heterocycles.